The molecule has 0 aliphatic heterocycles. The summed E-state index contributed by atoms with van der Waals surface area (Å²) in [6, 6.07) is 52.8. The Morgan fingerprint density at radius 3 is 1.56 bits per heavy atom. The Hall–Kier alpha value is -6.92. The molecule has 6 aromatic carbocycles. The van der Waals surface area contributed by atoms with Crippen LogP contribution >= 0.6 is 0 Å². The molecule has 11 rings (SSSR count). The number of para-hydroxylation sites is 1. The maximum atomic E-state index is 5.17. The van der Waals surface area contributed by atoms with Crippen LogP contribution in [-0.4, -0.2) is 28.7 Å². The third-order valence-corrected chi connectivity index (χ3v) is 9.93. The Kier molecular flexibility index (Phi) is 5.57. The van der Waals surface area contributed by atoms with Crippen molar-refractivity contribution < 1.29 is 0 Å². The smallest absolute Gasteiger partial charge is 0.164 e. The van der Waals surface area contributed by atoms with Gasteiger partial charge in [0.25, 0.3) is 0 Å². The fourth-order valence-electron chi connectivity index (χ4n) is 7.67. The summed E-state index contributed by atoms with van der Waals surface area (Å²) >= 11 is 0. The van der Waals surface area contributed by atoms with Crippen molar-refractivity contribution in [3.05, 3.63) is 158 Å². The summed E-state index contributed by atoms with van der Waals surface area (Å²) in [6.45, 7) is 0. The summed E-state index contributed by atoms with van der Waals surface area (Å²) in [6.07, 6.45) is 2.00. The van der Waals surface area contributed by atoms with Gasteiger partial charge in [-0.25, -0.2) is 19.9 Å². The average Bonchev–Trinajstić information content (AvgIpc) is 3.71. The molecule has 0 unspecified atom stereocenters. The van der Waals surface area contributed by atoms with Crippen LogP contribution in [0.3, 0.4) is 0 Å². The number of hydrogen-bond donors (Lipinski definition) is 0. The minimum absolute atomic E-state index is 0.638. The molecule has 0 fully saturated rings. The van der Waals surface area contributed by atoms with Gasteiger partial charge in [-0.2, -0.15) is 0 Å². The zero-order valence-electron chi connectivity index (χ0n) is 26.7. The van der Waals surface area contributed by atoms with Gasteiger partial charge in [0, 0.05) is 50.0 Å². The highest BCUT2D eigenvalue weighted by molar-refractivity contribution is 6.25. The number of aromatic nitrogens is 6. The van der Waals surface area contributed by atoms with E-state index in [-0.39, 0.29) is 0 Å². The fourth-order valence-corrected chi connectivity index (χ4v) is 7.67. The first-order valence-corrected chi connectivity index (χ1v) is 16.7. The summed E-state index contributed by atoms with van der Waals surface area (Å²) in [5.74, 6) is 1.93. The number of rotatable bonds is 4. The first-order chi connectivity index (χ1) is 24.8. The zero-order chi connectivity index (χ0) is 32.8. The van der Waals surface area contributed by atoms with Crippen LogP contribution in [0.1, 0.15) is 0 Å². The molecule has 0 saturated heterocycles. The Balaban J connectivity index is 1.23. The highest BCUT2D eigenvalue weighted by atomic mass is 15.1. The van der Waals surface area contributed by atoms with E-state index in [0.29, 0.717) is 17.5 Å². The van der Waals surface area contributed by atoms with E-state index in [4.69, 9.17) is 19.9 Å². The second-order valence-electron chi connectivity index (χ2n) is 12.7. The third kappa shape index (κ3) is 3.84. The Labute approximate surface area is 285 Å². The Morgan fingerprint density at radius 2 is 0.880 bits per heavy atom. The minimum atomic E-state index is 0.638. The lowest BCUT2D eigenvalue weighted by atomic mass is 10.1. The normalized spacial score (nSPS) is 12.0. The molecule has 50 heavy (non-hydrogen) atoms. The van der Waals surface area contributed by atoms with Crippen molar-refractivity contribution in [2.75, 3.05) is 0 Å². The van der Waals surface area contributed by atoms with E-state index in [1.807, 2.05) is 72.9 Å². The zero-order valence-corrected chi connectivity index (χ0v) is 26.7. The lowest BCUT2D eigenvalue weighted by molar-refractivity contribution is 1.07. The van der Waals surface area contributed by atoms with Crippen LogP contribution in [0.15, 0.2) is 158 Å². The van der Waals surface area contributed by atoms with Gasteiger partial charge in [0.1, 0.15) is 0 Å². The summed E-state index contributed by atoms with van der Waals surface area (Å²) in [7, 11) is 0. The van der Waals surface area contributed by atoms with Crippen molar-refractivity contribution in [2.45, 2.75) is 0 Å². The van der Waals surface area contributed by atoms with Crippen molar-refractivity contribution in [1.29, 1.82) is 0 Å². The van der Waals surface area contributed by atoms with Gasteiger partial charge >= 0.3 is 0 Å². The van der Waals surface area contributed by atoms with Crippen LogP contribution in [0.25, 0.3) is 100 Å². The van der Waals surface area contributed by atoms with Crippen molar-refractivity contribution in [3.8, 4) is 45.3 Å². The summed E-state index contributed by atoms with van der Waals surface area (Å²) in [5.41, 5.74) is 11.6. The van der Waals surface area contributed by atoms with Gasteiger partial charge in [0.2, 0.25) is 0 Å². The topological polar surface area (TPSA) is 60.4 Å². The number of benzene rings is 6. The van der Waals surface area contributed by atoms with E-state index in [0.717, 1.165) is 55.4 Å². The van der Waals surface area contributed by atoms with Gasteiger partial charge in [-0.1, -0.05) is 121 Å². The number of fused-ring (bicyclic) bond motifs is 9. The molecule has 0 atom stereocenters. The molecule has 0 amide bonds. The molecular weight excluding hydrogens is 613 g/mol. The SMILES string of the molecule is c1ccc(-c2cnc3c(c2)n2c4ccc(-c5nc(-c6ccccc6)nc(-c6ccccc6)n5)cc4c4ccc5c6ccccc6n3c5c42)cc1. The molecule has 0 N–H and O–H groups in total. The highest BCUT2D eigenvalue weighted by Gasteiger charge is 2.23. The second-order valence-corrected chi connectivity index (χ2v) is 12.7. The monoisotopic (exact) mass is 638 g/mol. The molecule has 0 bridgehead atoms. The van der Waals surface area contributed by atoms with Gasteiger partial charge in [-0.3, -0.25) is 4.40 Å². The van der Waals surface area contributed by atoms with Crippen molar-refractivity contribution >= 4 is 54.8 Å². The van der Waals surface area contributed by atoms with Crippen LogP contribution in [0.2, 0.25) is 0 Å². The van der Waals surface area contributed by atoms with Gasteiger partial charge in [0.05, 0.1) is 27.6 Å². The van der Waals surface area contributed by atoms with Gasteiger partial charge in [0.15, 0.2) is 23.1 Å². The number of nitrogens with zero attached hydrogens (tertiary/aromatic N) is 6. The molecule has 6 heteroatoms. The van der Waals surface area contributed by atoms with Crippen molar-refractivity contribution in [1.82, 2.24) is 28.7 Å². The lowest BCUT2D eigenvalue weighted by Crippen LogP contribution is -2.00. The van der Waals surface area contributed by atoms with Crippen LogP contribution in [0.4, 0.5) is 0 Å². The van der Waals surface area contributed by atoms with Gasteiger partial charge in [-0.05, 0) is 35.9 Å². The first kappa shape index (κ1) is 27.1. The van der Waals surface area contributed by atoms with Crippen molar-refractivity contribution in [2.24, 2.45) is 0 Å². The standard InChI is InChI=1S/C44H26N6/c1-4-12-27(13-5-1)31-25-38-44(45-26-31)50-36-19-11-10-18-32(36)33-21-22-34-35-24-30(20-23-37(35)49(38)39(34)40(33)50)43-47-41(28-14-6-2-7-15-28)46-42(48-43)29-16-8-3-9-17-29/h1-26H. The van der Waals surface area contributed by atoms with E-state index in [2.05, 4.69) is 93.7 Å². The van der Waals surface area contributed by atoms with Crippen LogP contribution in [0, 0.1) is 0 Å². The molecule has 0 radical (unpaired) electrons. The molecule has 5 heterocycles. The molecular formula is C44H26N6. The molecule has 0 saturated carbocycles. The van der Waals surface area contributed by atoms with E-state index < -0.39 is 0 Å². The van der Waals surface area contributed by atoms with E-state index in [1.54, 1.807) is 0 Å². The van der Waals surface area contributed by atoms with Crippen LogP contribution < -0.4 is 0 Å². The Morgan fingerprint density at radius 1 is 0.340 bits per heavy atom. The first-order valence-electron chi connectivity index (χ1n) is 16.7. The maximum Gasteiger partial charge on any atom is 0.164 e. The highest BCUT2D eigenvalue weighted by Crippen LogP contribution is 2.42. The fraction of sp³-hybridized carbons (Fsp3) is 0. The summed E-state index contributed by atoms with van der Waals surface area (Å²) in [4.78, 5) is 20.2. The predicted molar refractivity (Wildman–Crippen MR) is 202 cm³/mol. The predicted octanol–water partition coefficient (Wildman–Crippen LogP) is 10.5. The van der Waals surface area contributed by atoms with Crippen LogP contribution in [-0.2, 0) is 0 Å². The molecule has 5 aromatic heterocycles. The van der Waals surface area contributed by atoms with E-state index in [1.165, 1.54) is 27.2 Å². The van der Waals surface area contributed by atoms with E-state index in [9.17, 15) is 0 Å². The minimum Gasteiger partial charge on any atom is -0.304 e. The molecule has 0 spiro atoms. The second kappa shape index (κ2) is 10.3. The molecule has 11 aromatic rings. The lowest BCUT2D eigenvalue weighted by Gasteiger charge is -2.12. The summed E-state index contributed by atoms with van der Waals surface area (Å²) < 4.78 is 4.75. The maximum absolute atomic E-state index is 5.17. The average molecular weight is 639 g/mol. The molecule has 6 nitrogen and oxygen atoms in total. The molecule has 0 aliphatic carbocycles. The van der Waals surface area contributed by atoms with Gasteiger partial charge < -0.3 is 4.40 Å². The quantitative estimate of drug-likeness (QED) is 0.180. The van der Waals surface area contributed by atoms with Gasteiger partial charge in [-0.15, -0.1) is 0 Å². The summed E-state index contributed by atoms with van der Waals surface area (Å²) in [5, 5.41) is 4.75. The number of hydrogen-bond acceptors (Lipinski definition) is 4. The van der Waals surface area contributed by atoms with Crippen LogP contribution in [0.5, 0.6) is 0 Å². The van der Waals surface area contributed by atoms with E-state index >= 15 is 0 Å². The number of pyridine rings is 1. The largest absolute Gasteiger partial charge is 0.304 e. The third-order valence-electron chi connectivity index (χ3n) is 9.93. The van der Waals surface area contributed by atoms with Crippen molar-refractivity contribution in [3.63, 3.8) is 0 Å². The molecule has 0 aliphatic rings. The molecule has 232 valence electrons. The Bertz CT molecular complexity index is 3010.